The maximum Gasteiger partial charge on any atom is 0.200 e. The Balaban J connectivity index is 1.63. The van der Waals surface area contributed by atoms with Crippen LogP contribution >= 0.6 is 0 Å². The maximum absolute atomic E-state index is 7.04. The van der Waals surface area contributed by atoms with Crippen molar-refractivity contribution < 1.29 is 18.9 Å². The van der Waals surface area contributed by atoms with E-state index < -0.39 is 5.41 Å². The molecule has 2 aliphatic heterocycles. The van der Waals surface area contributed by atoms with Crippen LogP contribution < -0.4 is 9.47 Å². The van der Waals surface area contributed by atoms with Crippen LogP contribution in [0.3, 0.4) is 0 Å². The molecule has 57 heavy (non-hydrogen) atoms. The molecular weight excluding hydrogens is 705 g/mol. The SMILES string of the molecule is COc1c(C(C)(C)C)cc(CC(Cc2cc(C(C)(C)C)c(OC)c(C(C)(C)C)c2)(C2=N[C@H](C3CCCCC3)CO2)C2=N[C@H](C3CCCCC3)CO2)cc1C(C)(C)C. The van der Waals surface area contributed by atoms with Crippen molar-refractivity contribution >= 4 is 11.8 Å². The molecule has 0 N–H and O–H groups in total. The minimum Gasteiger partial charge on any atom is -0.496 e. The summed E-state index contributed by atoms with van der Waals surface area (Å²) in [5, 5.41) is 0. The first kappa shape index (κ1) is 43.6. The van der Waals surface area contributed by atoms with Crippen LogP contribution in [-0.2, 0) is 44.0 Å². The summed E-state index contributed by atoms with van der Waals surface area (Å²) in [5.41, 5.74) is 6.09. The van der Waals surface area contributed by atoms with E-state index in [1.165, 1.54) is 97.6 Å². The third kappa shape index (κ3) is 9.41. The van der Waals surface area contributed by atoms with Crippen LogP contribution in [-0.4, -0.2) is 51.3 Å². The standard InChI is InChI=1S/C51H78N2O4/c1-47(2,3)37-25-33(26-38(43(37)54-13)48(4,5)6)29-51(45-52-41(31-56-45)35-21-17-15-18-22-35,46-53-42(32-57-46)36-23-19-16-20-24-36)30-34-27-39(49(7,8)9)44(55-14)40(28-34)50(10,11)12/h25-28,35-36,41-42H,15-24,29-32H2,1-14H3/t41-,42-/m0/s1. The van der Waals surface area contributed by atoms with Gasteiger partial charge >= 0.3 is 0 Å². The highest BCUT2D eigenvalue weighted by Gasteiger charge is 2.51. The fourth-order valence-electron chi connectivity index (χ4n) is 10.2. The number of benzene rings is 2. The Morgan fingerprint density at radius 1 is 0.491 bits per heavy atom. The molecule has 2 saturated carbocycles. The van der Waals surface area contributed by atoms with Crippen LogP contribution in [0.2, 0.25) is 0 Å². The Hall–Kier alpha value is -3.02. The Labute approximate surface area is 347 Å². The minimum atomic E-state index is -0.745. The van der Waals surface area contributed by atoms with Crippen molar-refractivity contribution in [1.82, 2.24) is 0 Å². The van der Waals surface area contributed by atoms with Gasteiger partial charge in [0, 0.05) is 22.3 Å². The van der Waals surface area contributed by atoms with Gasteiger partial charge in [0.15, 0.2) is 11.8 Å². The van der Waals surface area contributed by atoms with Gasteiger partial charge in [0.25, 0.3) is 0 Å². The van der Waals surface area contributed by atoms with Crippen LogP contribution in [0.5, 0.6) is 11.5 Å². The molecule has 6 heteroatoms. The average Bonchev–Trinajstić information content (AvgIpc) is 3.85. The van der Waals surface area contributed by atoms with Gasteiger partial charge in [0.2, 0.25) is 0 Å². The highest BCUT2D eigenvalue weighted by atomic mass is 16.5. The van der Waals surface area contributed by atoms with E-state index in [4.69, 9.17) is 28.9 Å². The van der Waals surface area contributed by atoms with Crippen molar-refractivity contribution in [1.29, 1.82) is 0 Å². The van der Waals surface area contributed by atoms with Crippen LogP contribution in [0, 0.1) is 17.3 Å². The monoisotopic (exact) mass is 783 g/mol. The molecule has 2 aromatic rings. The first-order valence-corrected chi connectivity index (χ1v) is 22.5. The highest BCUT2D eigenvalue weighted by molar-refractivity contribution is 6.07. The van der Waals surface area contributed by atoms with E-state index in [9.17, 15) is 0 Å². The van der Waals surface area contributed by atoms with Crippen molar-refractivity contribution in [2.75, 3.05) is 27.4 Å². The molecule has 2 aromatic carbocycles. The van der Waals surface area contributed by atoms with Gasteiger partial charge in [-0.2, -0.15) is 0 Å². The van der Waals surface area contributed by atoms with Crippen LogP contribution in [0.15, 0.2) is 34.3 Å². The van der Waals surface area contributed by atoms with Crippen molar-refractivity contribution in [2.24, 2.45) is 27.2 Å². The molecule has 6 nitrogen and oxygen atoms in total. The van der Waals surface area contributed by atoms with E-state index in [1.54, 1.807) is 0 Å². The predicted octanol–water partition coefficient (Wildman–Crippen LogP) is 12.4. The summed E-state index contributed by atoms with van der Waals surface area (Å²) in [7, 11) is 3.65. The molecule has 0 unspecified atom stereocenters. The predicted molar refractivity (Wildman–Crippen MR) is 238 cm³/mol. The second-order valence-electron chi connectivity index (χ2n) is 22.3. The Morgan fingerprint density at radius 3 is 1.05 bits per heavy atom. The summed E-state index contributed by atoms with van der Waals surface area (Å²) in [5.74, 6) is 4.72. The molecule has 4 aliphatic rings. The molecule has 6 rings (SSSR count). The zero-order valence-electron chi connectivity index (χ0n) is 38.5. The number of ether oxygens (including phenoxy) is 4. The molecular formula is C51H78N2O4. The number of hydrogen-bond acceptors (Lipinski definition) is 6. The molecule has 316 valence electrons. The third-order valence-corrected chi connectivity index (χ3v) is 13.5. The smallest absolute Gasteiger partial charge is 0.200 e. The Bertz CT molecular complexity index is 1580. The van der Waals surface area contributed by atoms with Crippen molar-refractivity contribution in [3.05, 3.63) is 57.6 Å². The zero-order valence-corrected chi connectivity index (χ0v) is 38.5. The van der Waals surface area contributed by atoms with Gasteiger partial charge in [0.05, 0.1) is 26.3 Å². The molecule has 0 saturated heterocycles. The van der Waals surface area contributed by atoms with Gasteiger partial charge in [-0.3, -0.25) is 0 Å². The minimum absolute atomic E-state index is 0.135. The van der Waals surface area contributed by atoms with Crippen LogP contribution in [0.4, 0.5) is 0 Å². The van der Waals surface area contributed by atoms with Crippen molar-refractivity contribution in [3.8, 4) is 11.5 Å². The summed E-state index contributed by atoms with van der Waals surface area (Å²) < 4.78 is 26.6. The van der Waals surface area contributed by atoms with E-state index in [0.29, 0.717) is 37.9 Å². The van der Waals surface area contributed by atoms with E-state index in [1.807, 2.05) is 14.2 Å². The molecule has 0 spiro atoms. The fourth-order valence-corrected chi connectivity index (χ4v) is 10.2. The second kappa shape index (κ2) is 16.6. The van der Waals surface area contributed by atoms with Crippen LogP contribution in [0.25, 0.3) is 0 Å². The van der Waals surface area contributed by atoms with Gasteiger partial charge < -0.3 is 18.9 Å². The lowest BCUT2D eigenvalue weighted by Gasteiger charge is -2.36. The molecule has 0 bridgehead atoms. The maximum atomic E-state index is 7.04. The van der Waals surface area contributed by atoms with Gasteiger partial charge in [-0.25, -0.2) is 9.98 Å². The van der Waals surface area contributed by atoms with Gasteiger partial charge in [-0.1, -0.05) is 146 Å². The van der Waals surface area contributed by atoms with Gasteiger partial charge in [0.1, 0.15) is 30.1 Å². The lowest BCUT2D eigenvalue weighted by atomic mass is 9.71. The summed E-state index contributed by atoms with van der Waals surface area (Å²) in [4.78, 5) is 11.4. The molecule has 0 amide bonds. The summed E-state index contributed by atoms with van der Waals surface area (Å²) >= 11 is 0. The van der Waals surface area contributed by atoms with Crippen molar-refractivity contribution in [3.63, 3.8) is 0 Å². The molecule has 2 fully saturated rings. The molecule has 2 heterocycles. The summed E-state index contributed by atoms with van der Waals surface area (Å²) in [6, 6.07) is 9.93. The van der Waals surface area contributed by atoms with Crippen molar-refractivity contribution in [2.45, 2.75) is 194 Å². The zero-order chi connectivity index (χ0) is 41.6. The lowest BCUT2D eigenvalue weighted by Crippen LogP contribution is -2.44. The molecule has 2 aliphatic carbocycles. The van der Waals surface area contributed by atoms with Gasteiger partial charge in [-0.15, -0.1) is 0 Å². The molecule has 0 radical (unpaired) electrons. The third-order valence-electron chi connectivity index (χ3n) is 13.5. The average molecular weight is 783 g/mol. The number of aliphatic imine (C=N–C) groups is 2. The fraction of sp³-hybridized carbons (Fsp3) is 0.725. The lowest BCUT2D eigenvalue weighted by molar-refractivity contribution is 0.212. The number of hydrogen-bond donors (Lipinski definition) is 0. The Morgan fingerprint density at radius 2 is 0.789 bits per heavy atom. The van der Waals surface area contributed by atoms with E-state index in [-0.39, 0.29) is 33.7 Å². The van der Waals surface area contributed by atoms with E-state index in [2.05, 4.69) is 107 Å². The largest absolute Gasteiger partial charge is 0.496 e. The van der Waals surface area contributed by atoms with Gasteiger partial charge in [-0.05, 0) is 83.1 Å². The highest BCUT2D eigenvalue weighted by Crippen LogP contribution is 2.47. The first-order valence-electron chi connectivity index (χ1n) is 22.5. The van der Waals surface area contributed by atoms with E-state index in [0.717, 1.165) is 23.3 Å². The second-order valence-corrected chi connectivity index (χ2v) is 22.3. The number of methoxy groups -OCH3 is 2. The molecule has 0 aromatic heterocycles. The molecule has 2 atom stereocenters. The number of nitrogens with zero attached hydrogens (tertiary/aromatic N) is 2. The van der Waals surface area contributed by atoms with Crippen LogP contribution in [0.1, 0.15) is 181 Å². The van der Waals surface area contributed by atoms with E-state index >= 15 is 0 Å². The topological polar surface area (TPSA) is 61.6 Å². The summed E-state index contributed by atoms with van der Waals surface area (Å²) in [6.45, 7) is 28.8. The summed E-state index contributed by atoms with van der Waals surface area (Å²) in [6.07, 6.45) is 14.0. The first-order chi connectivity index (χ1) is 26.7. The number of rotatable bonds is 10. The quantitative estimate of drug-likeness (QED) is 0.241. The normalized spacial score (nSPS) is 21.9. The Kier molecular flexibility index (Phi) is 12.7.